The Hall–Kier alpha value is -4.06. The number of ether oxygens (including phenoxy) is 1. The van der Waals surface area contributed by atoms with E-state index in [-0.39, 0.29) is 23.4 Å². The van der Waals surface area contributed by atoms with E-state index < -0.39 is 0 Å². The van der Waals surface area contributed by atoms with E-state index >= 15 is 0 Å². The minimum atomic E-state index is -0.124. The van der Waals surface area contributed by atoms with Gasteiger partial charge in [0.15, 0.2) is 0 Å². The number of benzene rings is 3. The number of amides is 3. The van der Waals surface area contributed by atoms with Crippen molar-refractivity contribution in [2.75, 3.05) is 32.8 Å². The van der Waals surface area contributed by atoms with Crippen LogP contribution in [0, 0.1) is 5.41 Å². The Morgan fingerprint density at radius 1 is 0.872 bits per heavy atom. The maximum Gasteiger partial charge on any atom is 0.318 e. The molecule has 39 heavy (non-hydrogen) atoms. The van der Waals surface area contributed by atoms with E-state index in [0.717, 1.165) is 67.9 Å². The van der Waals surface area contributed by atoms with E-state index in [4.69, 9.17) is 4.74 Å². The van der Waals surface area contributed by atoms with Crippen molar-refractivity contribution in [1.29, 1.82) is 0 Å². The predicted octanol–water partition coefficient (Wildman–Crippen LogP) is 5.89. The van der Waals surface area contributed by atoms with Crippen LogP contribution in [0.15, 0.2) is 78.9 Å². The van der Waals surface area contributed by atoms with E-state index in [1.807, 2.05) is 59.2 Å². The lowest BCUT2D eigenvalue weighted by Gasteiger charge is -2.39. The van der Waals surface area contributed by atoms with Crippen LogP contribution < -0.4 is 10.1 Å². The highest BCUT2D eigenvalue weighted by Crippen LogP contribution is 2.44. The molecule has 2 aliphatic heterocycles. The zero-order chi connectivity index (χ0) is 26.8. The van der Waals surface area contributed by atoms with Gasteiger partial charge in [-0.2, -0.15) is 0 Å². The van der Waals surface area contributed by atoms with Gasteiger partial charge in [0.2, 0.25) is 5.91 Å². The van der Waals surface area contributed by atoms with Crippen LogP contribution in [0.4, 0.5) is 4.79 Å². The molecule has 3 aromatic rings. The molecule has 2 heterocycles. The van der Waals surface area contributed by atoms with Crippen LogP contribution in [0.1, 0.15) is 48.9 Å². The van der Waals surface area contributed by atoms with Crippen molar-refractivity contribution in [3.8, 4) is 16.9 Å². The highest BCUT2D eigenvalue weighted by atomic mass is 16.5. The molecule has 1 spiro atoms. The number of nitrogens with zero attached hydrogens (tertiary/aromatic N) is 2. The average Bonchev–Trinajstić information content (AvgIpc) is 3.53. The van der Waals surface area contributed by atoms with Gasteiger partial charge < -0.3 is 19.9 Å². The van der Waals surface area contributed by atoms with Crippen molar-refractivity contribution in [2.45, 2.75) is 32.2 Å². The predicted molar refractivity (Wildman–Crippen MR) is 153 cm³/mol. The van der Waals surface area contributed by atoms with Crippen molar-refractivity contribution in [1.82, 2.24) is 15.1 Å². The number of nitrogens with one attached hydrogen (secondary N) is 1. The van der Waals surface area contributed by atoms with E-state index in [9.17, 15) is 9.59 Å². The van der Waals surface area contributed by atoms with Crippen LogP contribution in [-0.2, 0) is 4.79 Å². The lowest BCUT2D eigenvalue weighted by Crippen LogP contribution is -2.45. The van der Waals surface area contributed by atoms with Gasteiger partial charge in [0.1, 0.15) is 5.75 Å². The number of para-hydroxylation sites is 1. The summed E-state index contributed by atoms with van der Waals surface area (Å²) in [5.74, 6) is 0.817. The average molecular weight is 522 g/mol. The molecule has 0 atom stereocenters. The van der Waals surface area contributed by atoms with Crippen LogP contribution in [0.2, 0.25) is 0 Å². The van der Waals surface area contributed by atoms with Gasteiger partial charge in [0, 0.05) is 37.8 Å². The second-order valence-electron chi connectivity index (χ2n) is 10.9. The first-order valence-electron chi connectivity index (χ1n) is 14.0. The summed E-state index contributed by atoms with van der Waals surface area (Å²) in [5.41, 5.74) is 5.71. The van der Waals surface area contributed by atoms with Crippen LogP contribution in [0.25, 0.3) is 17.2 Å². The Labute approximate surface area is 230 Å². The molecule has 1 aliphatic carbocycles. The normalized spacial score (nSPS) is 17.9. The molecular formula is C33H35N3O3. The van der Waals surface area contributed by atoms with Gasteiger partial charge in [-0.05, 0) is 66.0 Å². The van der Waals surface area contributed by atoms with Crippen molar-refractivity contribution in [3.05, 3.63) is 95.6 Å². The third-order valence-electron chi connectivity index (χ3n) is 8.59. The summed E-state index contributed by atoms with van der Waals surface area (Å²) in [5, 5.41) is 3.33. The van der Waals surface area contributed by atoms with Gasteiger partial charge in [-0.15, -0.1) is 0 Å². The Balaban J connectivity index is 1.06. The van der Waals surface area contributed by atoms with Crippen LogP contribution in [0.3, 0.4) is 0 Å². The number of carbonyl (C=O) groups excluding carboxylic acids is 2. The molecule has 2 saturated heterocycles. The van der Waals surface area contributed by atoms with Gasteiger partial charge in [-0.3, -0.25) is 4.79 Å². The minimum Gasteiger partial charge on any atom is -0.493 e. The molecule has 0 unspecified atom stereocenters. The molecule has 6 rings (SSSR count). The standard InChI is InChI=1S/C33H35N3O3/c1-2-39-29-14-8-3-9-24(29)15-16-30(37)35-20-17-33(18-21-35)19-22-36(23-33)32(38)34-31-27-12-6-4-10-25(27)26-11-5-7-13-28(26)31/h3-16,31H,2,17-23H2,1H3,(H,34,38). The molecule has 3 amide bonds. The summed E-state index contributed by atoms with van der Waals surface area (Å²) in [7, 11) is 0. The fourth-order valence-electron chi connectivity index (χ4n) is 6.42. The number of urea groups is 1. The molecular weight excluding hydrogens is 486 g/mol. The smallest absolute Gasteiger partial charge is 0.318 e. The molecule has 3 aromatic carbocycles. The van der Waals surface area contributed by atoms with E-state index in [1.54, 1.807) is 6.08 Å². The van der Waals surface area contributed by atoms with Crippen molar-refractivity contribution in [2.24, 2.45) is 5.41 Å². The van der Waals surface area contributed by atoms with Crippen LogP contribution >= 0.6 is 0 Å². The second-order valence-corrected chi connectivity index (χ2v) is 10.9. The largest absolute Gasteiger partial charge is 0.493 e. The third kappa shape index (κ3) is 4.91. The summed E-state index contributed by atoms with van der Waals surface area (Å²) < 4.78 is 5.67. The highest BCUT2D eigenvalue weighted by molar-refractivity contribution is 5.92. The first-order chi connectivity index (χ1) is 19.1. The minimum absolute atomic E-state index is 0.00205. The fourth-order valence-corrected chi connectivity index (χ4v) is 6.42. The molecule has 6 nitrogen and oxygen atoms in total. The molecule has 2 fully saturated rings. The molecule has 3 aliphatic rings. The third-order valence-corrected chi connectivity index (χ3v) is 8.59. The number of hydrogen-bond acceptors (Lipinski definition) is 3. The number of rotatable bonds is 5. The number of fused-ring (bicyclic) bond motifs is 3. The maximum absolute atomic E-state index is 13.4. The SMILES string of the molecule is CCOc1ccccc1C=CC(=O)N1CCC2(CC1)CCN(C(=O)NC1c3ccccc3-c3ccccc31)C2. The molecule has 0 aromatic heterocycles. The fraction of sp³-hybridized carbons (Fsp3) is 0.333. The quantitative estimate of drug-likeness (QED) is 0.426. The van der Waals surface area contributed by atoms with E-state index in [0.29, 0.717) is 6.61 Å². The molecule has 0 bridgehead atoms. The number of likely N-dealkylation sites (tertiary alicyclic amines) is 2. The van der Waals surface area contributed by atoms with Crippen LogP contribution in [-0.4, -0.2) is 54.5 Å². The summed E-state index contributed by atoms with van der Waals surface area (Å²) in [6, 6.07) is 24.3. The Kier molecular flexibility index (Phi) is 6.86. The zero-order valence-corrected chi connectivity index (χ0v) is 22.4. The van der Waals surface area contributed by atoms with Crippen molar-refractivity contribution < 1.29 is 14.3 Å². The van der Waals surface area contributed by atoms with Gasteiger partial charge in [-0.25, -0.2) is 4.79 Å². The van der Waals surface area contributed by atoms with Crippen molar-refractivity contribution >= 4 is 18.0 Å². The second kappa shape index (κ2) is 10.6. The van der Waals surface area contributed by atoms with Gasteiger partial charge >= 0.3 is 6.03 Å². The van der Waals surface area contributed by atoms with Crippen LogP contribution in [0.5, 0.6) is 5.75 Å². The summed E-state index contributed by atoms with van der Waals surface area (Å²) >= 11 is 0. The summed E-state index contributed by atoms with van der Waals surface area (Å²) in [6.45, 7) is 5.47. The molecule has 6 heteroatoms. The summed E-state index contributed by atoms with van der Waals surface area (Å²) in [4.78, 5) is 30.3. The van der Waals surface area contributed by atoms with Gasteiger partial charge in [-0.1, -0.05) is 66.7 Å². The Bertz CT molecular complexity index is 1360. The monoisotopic (exact) mass is 521 g/mol. The first kappa shape index (κ1) is 25.2. The topological polar surface area (TPSA) is 61.9 Å². The molecule has 0 radical (unpaired) electrons. The van der Waals surface area contributed by atoms with Gasteiger partial charge in [0.05, 0.1) is 12.6 Å². The number of carbonyl (C=O) groups is 2. The maximum atomic E-state index is 13.4. The van der Waals surface area contributed by atoms with Crippen molar-refractivity contribution in [3.63, 3.8) is 0 Å². The Morgan fingerprint density at radius 3 is 2.13 bits per heavy atom. The first-order valence-corrected chi connectivity index (χ1v) is 14.0. The van der Waals surface area contributed by atoms with E-state index in [2.05, 4.69) is 41.7 Å². The lowest BCUT2D eigenvalue weighted by molar-refractivity contribution is -0.128. The lowest BCUT2D eigenvalue weighted by atomic mass is 9.78. The molecule has 0 saturated carbocycles. The van der Waals surface area contributed by atoms with E-state index in [1.165, 1.54) is 11.1 Å². The summed E-state index contributed by atoms with van der Waals surface area (Å²) in [6.07, 6.45) is 6.32. The highest BCUT2D eigenvalue weighted by Gasteiger charge is 2.43. The zero-order valence-electron chi connectivity index (χ0n) is 22.4. The molecule has 1 N–H and O–H groups in total. The number of hydrogen-bond donors (Lipinski definition) is 1. The Morgan fingerprint density at radius 2 is 1.46 bits per heavy atom. The van der Waals surface area contributed by atoms with Gasteiger partial charge in [0.25, 0.3) is 0 Å². The number of piperidine rings is 1. The molecule has 200 valence electrons.